The molecule has 0 atom stereocenters. The van der Waals surface area contributed by atoms with E-state index in [0.29, 0.717) is 24.0 Å². The molecular formula is C15H15N5OS. The molecule has 1 N–H and O–H groups in total. The van der Waals surface area contributed by atoms with E-state index in [1.54, 1.807) is 6.33 Å². The van der Waals surface area contributed by atoms with Gasteiger partial charge in [-0.15, -0.1) is 10.2 Å². The normalized spacial score (nSPS) is 14.4. The first-order valence-corrected chi connectivity index (χ1v) is 8.14. The lowest BCUT2D eigenvalue weighted by Crippen LogP contribution is -2.14. The first kappa shape index (κ1) is 13.4. The number of hydrogen-bond donors (Lipinski definition) is 1. The monoisotopic (exact) mass is 313 g/mol. The molecule has 0 spiro atoms. The van der Waals surface area contributed by atoms with Crippen LogP contribution in [0.2, 0.25) is 0 Å². The van der Waals surface area contributed by atoms with Crippen LogP contribution in [0.1, 0.15) is 30.2 Å². The van der Waals surface area contributed by atoms with Crippen LogP contribution >= 0.6 is 11.3 Å². The highest BCUT2D eigenvalue weighted by Crippen LogP contribution is 2.42. The molecule has 1 aliphatic rings. The van der Waals surface area contributed by atoms with E-state index in [0.717, 1.165) is 16.0 Å². The van der Waals surface area contributed by atoms with Gasteiger partial charge in [0, 0.05) is 18.9 Å². The number of rotatable bonds is 5. The van der Waals surface area contributed by atoms with E-state index < -0.39 is 0 Å². The van der Waals surface area contributed by atoms with E-state index in [1.807, 2.05) is 28.8 Å². The standard InChI is InChI=1S/C15H15N5OS/c21-13(17-15-19-18-14(22-15)10-5-6-10)7-8-20-9-16-11-3-1-2-4-12(11)20/h1-4,9-10H,5-8H2,(H,17,19,21). The van der Waals surface area contributed by atoms with Crippen LogP contribution < -0.4 is 5.32 Å². The minimum Gasteiger partial charge on any atom is -0.330 e. The number of hydrogen-bond acceptors (Lipinski definition) is 5. The molecule has 6 nitrogen and oxygen atoms in total. The van der Waals surface area contributed by atoms with Gasteiger partial charge in [0.05, 0.1) is 17.4 Å². The van der Waals surface area contributed by atoms with E-state index in [2.05, 4.69) is 20.5 Å². The molecule has 0 saturated heterocycles. The van der Waals surface area contributed by atoms with Gasteiger partial charge in [-0.05, 0) is 25.0 Å². The summed E-state index contributed by atoms with van der Waals surface area (Å²) in [7, 11) is 0. The summed E-state index contributed by atoms with van der Waals surface area (Å²) in [5, 5.41) is 12.6. The predicted octanol–water partition coefficient (Wildman–Crippen LogP) is 2.79. The van der Waals surface area contributed by atoms with Gasteiger partial charge in [-0.2, -0.15) is 0 Å². The van der Waals surface area contributed by atoms with Crippen LogP contribution in [-0.4, -0.2) is 25.7 Å². The molecule has 7 heteroatoms. The van der Waals surface area contributed by atoms with E-state index in [1.165, 1.54) is 24.2 Å². The Morgan fingerprint density at radius 3 is 3.05 bits per heavy atom. The molecule has 1 saturated carbocycles. The van der Waals surface area contributed by atoms with Gasteiger partial charge in [0.2, 0.25) is 11.0 Å². The number of nitrogens with zero attached hydrogens (tertiary/aromatic N) is 4. The van der Waals surface area contributed by atoms with Crippen LogP contribution in [0.4, 0.5) is 5.13 Å². The van der Waals surface area contributed by atoms with Crippen molar-refractivity contribution in [3.8, 4) is 0 Å². The van der Waals surface area contributed by atoms with Crippen molar-refractivity contribution >= 4 is 33.4 Å². The summed E-state index contributed by atoms with van der Waals surface area (Å²) in [6, 6.07) is 7.90. The topological polar surface area (TPSA) is 72.7 Å². The quantitative estimate of drug-likeness (QED) is 0.786. The van der Waals surface area contributed by atoms with Crippen LogP contribution in [-0.2, 0) is 11.3 Å². The summed E-state index contributed by atoms with van der Waals surface area (Å²) >= 11 is 1.48. The van der Waals surface area contributed by atoms with Crippen molar-refractivity contribution in [1.82, 2.24) is 19.7 Å². The minimum absolute atomic E-state index is 0.0451. The number of imidazole rings is 1. The van der Waals surface area contributed by atoms with Gasteiger partial charge < -0.3 is 9.88 Å². The van der Waals surface area contributed by atoms with Gasteiger partial charge in [0.25, 0.3) is 0 Å². The number of carbonyl (C=O) groups excluding carboxylic acids is 1. The summed E-state index contributed by atoms with van der Waals surface area (Å²) in [5.74, 6) is 0.525. The maximum absolute atomic E-state index is 12.0. The van der Waals surface area contributed by atoms with Crippen molar-refractivity contribution < 1.29 is 4.79 Å². The average molecular weight is 313 g/mol. The first-order chi connectivity index (χ1) is 10.8. The fourth-order valence-electron chi connectivity index (χ4n) is 2.37. The molecule has 1 aliphatic carbocycles. The molecule has 3 aromatic rings. The molecule has 2 heterocycles. The number of aromatic nitrogens is 4. The maximum atomic E-state index is 12.0. The fourth-order valence-corrected chi connectivity index (χ4v) is 3.30. The fraction of sp³-hybridized carbons (Fsp3) is 0.333. The molecule has 0 unspecified atom stereocenters. The highest BCUT2D eigenvalue weighted by Gasteiger charge is 2.27. The van der Waals surface area contributed by atoms with Crippen molar-refractivity contribution in [3.05, 3.63) is 35.6 Å². The molecule has 1 fully saturated rings. The lowest BCUT2D eigenvalue weighted by Gasteiger charge is -2.04. The van der Waals surface area contributed by atoms with Crippen molar-refractivity contribution in [1.29, 1.82) is 0 Å². The zero-order valence-electron chi connectivity index (χ0n) is 11.9. The average Bonchev–Trinajstić information content (AvgIpc) is 3.14. The lowest BCUT2D eigenvalue weighted by atomic mass is 10.3. The zero-order chi connectivity index (χ0) is 14.9. The van der Waals surface area contributed by atoms with Gasteiger partial charge >= 0.3 is 0 Å². The molecule has 0 bridgehead atoms. The molecule has 1 aromatic carbocycles. The maximum Gasteiger partial charge on any atom is 0.227 e. The van der Waals surface area contributed by atoms with Crippen molar-refractivity contribution in [2.75, 3.05) is 5.32 Å². The largest absolute Gasteiger partial charge is 0.330 e. The summed E-state index contributed by atoms with van der Waals surface area (Å²) in [5.41, 5.74) is 1.99. The van der Waals surface area contributed by atoms with Crippen LogP contribution in [0.5, 0.6) is 0 Å². The Balaban J connectivity index is 1.37. The Hall–Kier alpha value is -2.28. The number of carbonyl (C=O) groups is 1. The van der Waals surface area contributed by atoms with Crippen molar-refractivity contribution in [2.45, 2.75) is 31.7 Å². The molecule has 22 heavy (non-hydrogen) atoms. The summed E-state index contributed by atoms with van der Waals surface area (Å²) < 4.78 is 1.99. The Kier molecular flexibility index (Phi) is 3.34. The Morgan fingerprint density at radius 2 is 2.18 bits per heavy atom. The summed E-state index contributed by atoms with van der Waals surface area (Å²) in [6.07, 6.45) is 4.54. The third-order valence-electron chi connectivity index (χ3n) is 3.72. The molecule has 4 rings (SSSR count). The molecule has 2 aromatic heterocycles. The highest BCUT2D eigenvalue weighted by molar-refractivity contribution is 7.15. The number of fused-ring (bicyclic) bond motifs is 1. The molecular weight excluding hydrogens is 298 g/mol. The van der Waals surface area contributed by atoms with Crippen molar-refractivity contribution in [2.24, 2.45) is 0 Å². The SMILES string of the molecule is O=C(CCn1cnc2ccccc21)Nc1nnc(C2CC2)s1. The van der Waals surface area contributed by atoms with Crippen LogP contribution in [0.15, 0.2) is 30.6 Å². The number of amides is 1. The molecule has 0 radical (unpaired) electrons. The molecule has 1 amide bonds. The zero-order valence-corrected chi connectivity index (χ0v) is 12.7. The van der Waals surface area contributed by atoms with Gasteiger partial charge in [-0.25, -0.2) is 4.98 Å². The van der Waals surface area contributed by atoms with E-state index in [9.17, 15) is 4.79 Å². The van der Waals surface area contributed by atoms with Crippen molar-refractivity contribution in [3.63, 3.8) is 0 Å². The third kappa shape index (κ3) is 2.71. The highest BCUT2D eigenvalue weighted by atomic mass is 32.1. The van der Waals surface area contributed by atoms with Crippen LogP contribution in [0, 0.1) is 0 Å². The van der Waals surface area contributed by atoms with Gasteiger partial charge in [-0.1, -0.05) is 23.5 Å². The minimum atomic E-state index is -0.0451. The van der Waals surface area contributed by atoms with Crippen LogP contribution in [0.25, 0.3) is 11.0 Å². The molecule has 112 valence electrons. The van der Waals surface area contributed by atoms with Gasteiger partial charge in [0.1, 0.15) is 5.01 Å². The second kappa shape index (κ2) is 5.49. The number of nitrogens with one attached hydrogen (secondary N) is 1. The summed E-state index contributed by atoms with van der Waals surface area (Å²) in [4.78, 5) is 16.4. The van der Waals surface area contributed by atoms with E-state index in [-0.39, 0.29) is 5.91 Å². The smallest absolute Gasteiger partial charge is 0.227 e. The Labute approximate surface area is 131 Å². The van der Waals surface area contributed by atoms with Crippen LogP contribution in [0.3, 0.4) is 0 Å². The number of aryl methyl sites for hydroxylation is 1. The third-order valence-corrected chi connectivity index (χ3v) is 4.72. The van der Waals surface area contributed by atoms with E-state index in [4.69, 9.17) is 0 Å². The predicted molar refractivity (Wildman–Crippen MR) is 84.9 cm³/mol. The second-order valence-electron chi connectivity index (χ2n) is 5.44. The number of benzene rings is 1. The number of para-hydroxylation sites is 2. The first-order valence-electron chi connectivity index (χ1n) is 7.33. The van der Waals surface area contributed by atoms with Gasteiger partial charge in [-0.3, -0.25) is 4.79 Å². The molecule has 0 aliphatic heterocycles. The second-order valence-corrected chi connectivity index (χ2v) is 6.45. The summed E-state index contributed by atoms with van der Waals surface area (Å²) in [6.45, 7) is 0.598. The lowest BCUT2D eigenvalue weighted by molar-refractivity contribution is -0.116. The number of anilines is 1. The Bertz CT molecular complexity index is 820. The van der Waals surface area contributed by atoms with Gasteiger partial charge in [0.15, 0.2) is 0 Å². The van der Waals surface area contributed by atoms with E-state index >= 15 is 0 Å². The Morgan fingerprint density at radius 1 is 1.32 bits per heavy atom.